The largest absolute Gasteiger partial charge is 0.368 e. The molecule has 1 atom stereocenters. The van der Waals surface area contributed by atoms with Gasteiger partial charge in [-0.3, -0.25) is 14.9 Å². The fourth-order valence-corrected chi connectivity index (χ4v) is 3.28. The van der Waals surface area contributed by atoms with Crippen molar-refractivity contribution in [3.8, 4) is 0 Å². The minimum atomic E-state index is -0.635. The molecule has 118 valence electrons. The van der Waals surface area contributed by atoms with Gasteiger partial charge in [0.15, 0.2) is 0 Å². The molecule has 0 saturated carbocycles. The highest BCUT2D eigenvalue weighted by Gasteiger charge is 2.33. The third-order valence-corrected chi connectivity index (χ3v) is 4.80. The third kappa shape index (κ3) is 4.14. The summed E-state index contributed by atoms with van der Waals surface area (Å²) in [6.07, 6.45) is 1.23. The Bertz CT molecular complexity index is 596. The number of nitrogens with zero attached hydrogens (tertiary/aromatic N) is 1. The summed E-state index contributed by atoms with van der Waals surface area (Å²) in [5.41, 5.74) is 5.24. The SMILES string of the molecule is NC(=O)[C@@H]1CCCN1C(=O)NC(=O)CSc1ccccc1Cl. The van der Waals surface area contributed by atoms with Crippen molar-refractivity contribution >= 4 is 41.2 Å². The average molecular weight is 342 g/mol. The smallest absolute Gasteiger partial charge is 0.324 e. The average Bonchev–Trinajstić information content (AvgIpc) is 2.96. The fourth-order valence-electron chi connectivity index (χ4n) is 2.24. The standard InChI is InChI=1S/C14H16ClN3O3S/c15-9-4-1-2-6-11(9)22-8-12(19)17-14(21)18-7-3-5-10(18)13(16)20/h1-2,4,6,10H,3,5,7-8H2,(H2,16,20)(H,17,19,21)/t10-/m0/s1. The van der Waals surface area contributed by atoms with Gasteiger partial charge in [-0.25, -0.2) is 4.79 Å². The first-order valence-corrected chi connectivity index (χ1v) is 8.12. The highest BCUT2D eigenvalue weighted by Crippen LogP contribution is 2.26. The molecule has 0 bridgehead atoms. The number of halogens is 1. The molecule has 1 aliphatic rings. The quantitative estimate of drug-likeness (QED) is 0.814. The monoisotopic (exact) mass is 341 g/mol. The van der Waals surface area contributed by atoms with Gasteiger partial charge in [-0.15, -0.1) is 11.8 Å². The molecule has 0 aromatic heterocycles. The number of amides is 4. The van der Waals surface area contributed by atoms with Crippen molar-refractivity contribution < 1.29 is 14.4 Å². The van der Waals surface area contributed by atoms with E-state index in [0.29, 0.717) is 24.4 Å². The maximum absolute atomic E-state index is 12.0. The van der Waals surface area contributed by atoms with Crippen molar-refractivity contribution in [3.63, 3.8) is 0 Å². The van der Waals surface area contributed by atoms with Crippen LogP contribution in [0.2, 0.25) is 5.02 Å². The lowest BCUT2D eigenvalue weighted by molar-refractivity contribution is -0.122. The van der Waals surface area contributed by atoms with Crippen LogP contribution in [0.1, 0.15) is 12.8 Å². The number of hydrogen-bond donors (Lipinski definition) is 2. The van der Waals surface area contributed by atoms with Crippen molar-refractivity contribution in [2.75, 3.05) is 12.3 Å². The number of likely N-dealkylation sites (tertiary alicyclic amines) is 1. The molecule has 6 nitrogen and oxygen atoms in total. The Morgan fingerprint density at radius 2 is 2.09 bits per heavy atom. The second-order valence-electron chi connectivity index (χ2n) is 4.83. The van der Waals surface area contributed by atoms with Gasteiger partial charge in [0.1, 0.15) is 6.04 Å². The maximum atomic E-state index is 12.0. The van der Waals surface area contributed by atoms with Gasteiger partial charge in [0.2, 0.25) is 11.8 Å². The summed E-state index contributed by atoms with van der Waals surface area (Å²) < 4.78 is 0. The van der Waals surface area contributed by atoms with E-state index in [2.05, 4.69) is 5.32 Å². The molecule has 1 fully saturated rings. The number of primary amides is 1. The van der Waals surface area contributed by atoms with Crippen molar-refractivity contribution in [1.29, 1.82) is 0 Å². The van der Waals surface area contributed by atoms with Gasteiger partial charge in [0.05, 0.1) is 10.8 Å². The lowest BCUT2D eigenvalue weighted by Gasteiger charge is -2.21. The van der Waals surface area contributed by atoms with Crippen molar-refractivity contribution in [2.24, 2.45) is 5.73 Å². The van der Waals surface area contributed by atoms with Crippen LogP contribution in [0.3, 0.4) is 0 Å². The number of thioether (sulfide) groups is 1. The normalized spacial score (nSPS) is 17.3. The minimum absolute atomic E-state index is 0.0601. The summed E-state index contributed by atoms with van der Waals surface area (Å²) >= 11 is 7.23. The van der Waals surface area contributed by atoms with Crippen LogP contribution in [0.5, 0.6) is 0 Å². The zero-order valence-electron chi connectivity index (χ0n) is 11.8. The molecular weight excluding hydrogens is 326 g/mol. The number of rotatable bonds is 4. The minimum Gasteiger partial charge on any atom is -0.368 e. The summed E-state index contributed by atoms with van der Waals surface area (Å²) in [5, 5.41) is 2.83. The Balaban J connectivity index is 1.85. The van der Waals surface area contributed by atoms with E-state index in [9.17, 15) is 14.4 Å². The van der Waals surface area contributed by atoms with Crippen LogP contribution in [0.15, 0.2) is 29.2 Å². The summed E-state index contributed by atoms with van der Waals surface area (Å²) in [7, 11) is 0. The Labute approximate surface area is 137 Å². The maximum Gasteiger partial charge on any atom is 0.324 e. The summed E-state index contributed by atoms with van der Waals surface area (Å²) in [6, 6.07) is 5.93. The highest BCUT2D eigenvalue weighted by atomic mass is 35.5. The molecule has 0 aliphatic carbocycles. The molecule has 1 aromatic carbocycles. The van der Waals surface area contributed by atoms with Crippen LogP contribution in [0, 0.1) is 0 Å². The van der Waals surface area contributed by atoms with Crippen molar-refractivity contribution in [1.82, 2.24) is 10.2 Å². The van der Waals surface area contributed by atoms with Crippen LogP contribution in [0.25, 0.3) is 0 Å². The number of carbonyl (C=O) groups excluding carboxylic acids is 3. The van der Waals surface area contributed by atoms with Gasteiger partial charge < -0.3 is 10.6 Å². The van der Waals surface area contributed by atoms with Crippen LogP contribution in [0.4, 0.5) is 4.79 Å². The van der Waals surface area contributed by atoms with E-state index in [4.69, 9.17) is 17.3 Å². The zero-order chi connectivity index (χ0) is 16.1. The van der Waals surface area contributed by atoms with Gasteiger partial charge in [0.25, 0.3) is 0 Å². The second kappa shape index (κ2) is 7.51. The molecular formula is C14H16ClN3O3S. The number of nitrogens with one attached hydrogen (secondary N) is 1. The molecule has 1 heterocycles. The summed E-state index contributed by atoms with van der Waals surface area (Å²) in [5.74, 6) is -0.930. The predicted octanol–water partition coefficient (Wildman–Crippen LogP) is 1.62. The zero-order valence-corrected chi connectivity index (χ0v) is 13.3. The molecule has 4 amide bonds. The van der Waals surface area contributed by atoms with E-state index in [1.807, 2.05) is 6.07 Å². The lowest BCUT2D eigenvalue weighted by Crippen LogP contribution is -2.49. The number of hydrogen-bond acceptors (Lipinski definition) is 4. The van der Waals surface area contributed by atoms with Crippen LogP contribution in [-0.2, 0) is 9.59 Å². The Hall–Kier alpha value is -1.73. The molecule has 0 unspecified atom stereocenters. The van der Waals surface area contributed by atoms with E-state index >= 15 is 0 Å². The first-order valence-electron chi connectivity index (χ1n) is 6.76. The first kappa shape index (κ1) is 16.6. The first-order chi connectivity index (χ1) is 10.5. The van der Waals surface area contributed by atoms with Gasteiger partial charge in [0, 0.05) is 11.4 Å². The van der Waals surface area contributed by atoms with E-state index in [0.717, 1.165) is 4.90 Å². The van der Waals surface area contributed by atoms with E-state index < -0.39 is 23.9 Å². The van der Waals surface area contributed by atoms with E-state index in [-0.39, 0.29) is 5.75 Å². The summed E-state index contributed by atoms with van der Waals surface area (Å²) in [6.45, 7) is 0.421. The topological polar surface area (TPSA) is 92.5 Å². The van der Waals surface area contributed by atoms with E-state index in [1.165, 1.54) is 16.7 Å². The van der Waals surface area contributed by atoms with Crippen molar-refractivity contribution in [3.05, 3.63) is 29.3 Å². The Kier molecular flexibility index (Phi) is 5.68. The van der Waals surface area contributed by atoms with Crippen molar-refractivity contribution in [2.45, 2.75) is 23.8 Å². The molecule has 1 aromatic rings. The molecule has 0 spiro atoms. The molecule has 2 rings (SSSR count). The molecule has 1 aliphatic heterocycles. The number of carbonyl (C=O) groups is 3. The van der Waals surface area contributed by atoms with Gasteiger partial charge >= 0.3 is 6.03 Å². The van der Waals surface area contributed by atoms with Gasteiger partial charge in [-0.2, -0.15) is 0 Å². The fraction of sp³-hybridized carbons (Fsp3) is 0.357. The van der Waals surface area contributed by atoms with Crippen LogP contribution >= 0.6 is 23.4 Å². The second-order valence-corrected chi connectivity index (χ2v) is 6.25. The third-order valence-electron chi connectivity index (χ3n) is 3.28. The predicted molar refractivity (Wildman–Crippen MR) is 84.6 cm³/mol. The Morgan fingerprint density at radius 1 is 1.36 bits per heavy atom. The van der Waals surface area contributed by atoms with Crippen LogP contribution < -0.4 is 11.1 Å². The highest BCUT2D eigenvalue weighted by molar-refractivity contribution is 8.00. The molecule has 1 saturated heterocycles. The Morgan fingerprint density at radius 3 is 2.77 bits per heavy atom. The van der Waals surface area contributed by atoms with E-state index in [1.54, 1.807) is 18.2 Å². The molecule has 8 heteroatoms. The molecule has 0 radical (unpaired) electrons. The summed E-state index contributed by atoms with van der Waals surface area (Å²) in [4.78, 5) is 37.2. The van der Waals surface area contributed by atoms with Gasteiger partial charge in [-0.1, -0.05) is 23.7 Å². The molecule has 22 heavy (non-hydrogen) atoms. The van der Waals surface area contributed by atoms with Gasteiger partial charge in [-0.05, 0) is 25.0 Å². The number of benzene rings is 1. The lowest BCUT2D eigenvalue weighted by atomic mass is 10.2. The number of urea groups is 1. The van der Waals surface area contributed by atoms with Crippen LogP contribution in [-0.4, -0.2) is 41.1 Å². The molecule has 3 N–H and O–H groups in total. The number of imide groups is 1. The number of nitrogens with two attached hydrogens (primary N) is 1.